The van der Waals surface area contributed by atoms with Crippen molar-refractivity contribution >= 4 is 29.2 Å². The lowest BCUT2D eigenvalue weighted by molar-refractivity contribution is -0.150. The molecule has 2 N–H and O–H groups in total. The van der Waals surface area contributed by atoms with Crippen molar-refractivity contribution in [2.75, 3.05) is 17.2 Å². The maximum absolute atomic E-state index is 14.0. The SMILES string of the molecule is CC1(C)CCC(c2ccc(F)c(F)c2)N(CC(=O)Nc2ccc3c(c2)CC2(C3)C(=O)Nc3ncccc32)C1=O. The fraction of sp³-hybridized carbons (Fsp3) is 0.333. The first kappa shape index (κ1) is 25.2. The Kier molecular flexibility index (Phi) is 5.78. The molecule has 3 heterocycles. The average Bonchev–Trinajstić information content (AvgIpc) is 3.41. The van der Waals surface area contributed by atoms with Crippen molar-refractivity contribution in [3.63, 3.8) is 0 Å². The van der Waals surface area contributed by atoms with Crippen molar-refractivity contribution in [3.8, 4) is 0 Å². The Labute approximate surface area is 224 Å². The van der Waals surface area contributed by atoms with Crippen LogP contribution in [0.4, 0.5) is 20.3 Å². The summed E-state index contributed by atoms with van der Waals surface area (Å²) in [7, 11) is 0. The van der Waals surface area contributed by atoms with Gasteiger partial charge in [0, 0.05) is 22.9 Å². The zero-order valence-electron chi connectivity index (χ0n) is 21.7. The van der Waals surface area contributed by atoms with Gasteiger partial charge in [0.15, 0.2) is 11.6 Å². The zero-order valence-corrected chi connectivity index (χ0v) is 21.7. The van der Waals surface area contributed by atoms with E-state index in [-0.39, 0.29) is 18.4 Å². The molecule has 1 spiro atoms. The molecule has 9 heteroatoms. The summed E-state index contributed by atoms with van der Waals surface area (Å²) in [4.78, 5) is 45.3. The minimum atomic E-state index is -0.987. The molecule has 200 valence electrons. The predicted octanol–water partition coefficient (Wildman–Crippen LogP) is 4.68. The summed E-state index contributed by atoms with van der Waals surface area (Å²) >= 11 is 0. The number of fused-ring (bicyclic) bond motifs is 3. The van der Waals surface area contributed by atoms with Gasteiger partial charge in [-0.15, -0.1) is 0 Å². The second kappa shape index (κ2) is 8.97. The number of hydrogen-bond donors (Lipinski definition) is 2. The van der Waals surface area contributed by atoms with Crippen molar-refractivity contribution in [3.05, 3.63) is 88.6 Å². The van der Waals surface area contributed by atoms with E-state index >= 15 is 0 Å². The lowest BCUT2D eigenvalue weighted by atomic mass is 9.78. The molecule has 2 aliphatic heterocycles. The van der Waals surface area contributed by atoms with Gasteiger partial charge in [-0.1, -0.05) is 32.0 Å². The van der Waals surface area contributed by atoms with Gasteiger partial charge in [-0.3, -0.25) is 14.4 Å². The van der Waals surface area contributed by atoms with Crippen LogP contribution in [0, 0.1) is 17.0 Å². The van der Waals surface area contributed by atoms with Gasteiger partial charge in [0.25, 0.3) is 0 Å². The molecule has 7 nitrogen and oxygen atoms in total. The smallest absolute Gasteiger partial charge is 0.244 e. The van der Waals surface area contributed by atoms with Gasteiger partial charge in [0.05, 0.1) is 11.5 Å². The Bertz CT molecular complexity index is 1540. The van der Waals surface area contributed by atoms with E-state index in [0.29, 0.717) is 42.8 Å². The molecule has 1 aliphatic carbocycles. The van der Waals surface area contributed by atoms with E-state index in [4.69, 9.17) is 0 Å². The number of nitrogens with zero attached hydrogens (tertiary/aromatic N) is 2. The minimum absolute atomic E-state index is 0.0764. The summed E-state index contributed by atoms with van der Waals surface area (Å²) in [5.41, 5.74) is 2.51. The Morgan fingerprint density at radius 2 is 1.87 bits per heavy atom. The van der Waals surface area contributed by atoms with E-state index in [2.05, 4.69) is 15.6 Å². The zero-order chi connectivity index (χ0) is 27.5. The average molecular weight is 531 g/mol. The van der Waals surface area contributed by atoms with Crippen molar-refractivity contribution in [2.24, 2.45) is 5.41 Å². The monoisotopic (exact) mass is 530 g/mol. The molecule has 39 heavy (non-hydrogen) atoms. The molecule has 6 rings (SSSR count). The highest BCUT2D eigenvalue weighted by molar-refractivity contribution is 6.06. The van der Waals surface area contributed by atoms with E-state index in [0.717, 1.165) is 28.8 Å². The Morgan fingerprint density at radius 1 is 1.08 bits per heavy atom. The Hall–Kier alpha value is -4.14. The van der Waals surface area contributed by atoms with Crippen LogP contribution >= 0.6 is 0 Å². The third-order valence-electron chi connectivity index (χ3n) is 8.37. The van der Waals surface area contributed by atoms with E-state index < -0.39 is 34.4 Å². The van der Waals surface area contributed by atoms with E-state index in [1.165, 1.54) is 11.0 Å². The van der Waals surface area contributed by atoms with Crippen LogP contribution in [0.15, 0.2) is 54.7 Å². The molecule has 0 bridgehead atoms. The van der Waals surface area contributed by atoms with Gasteiger partial charge in [0.2, 0.25) is 17.7 Å². The first-order valence-corrected chi connectivity index (χ1v) is 13.0. The molecule has 0 saturated carbocycles. The predicted molar refractivity (Wildman–Crippen MR) is 141 cm³/mol. The van der Waals surface area contributed by atoms with Gasteiger partial charge in [-0.2, -0.15) is 0 Å². The van der Waals surface area contributed by atoms with Gasteiger partial charge in [-0.25, -0.2) is 13.8 Å². The number of anilines is 2. The Morgan fingerprint density at radius 3 is 2.67 bits per heavy atom. The number of benzene rings is 2. The highest BCUT2D eigenvalue weighted by Gasteiger charge is 2.51. The van der Waals surface area contributed by atoms with Gasteiger partial charge < -0.3 is 15.5 Å². The number of rotatable bonds is 4. The van der Waals surface area contributed by atoms with Gasteiger partial charge in [0.1, 0.15) is 12.4 Å². The van der Waals surface area contributed by atoms with Crippen molar-refractivity contribution < 1.29 is 23.2 Å². The summed E-state index contributed by atoms with van der Waals surface area (Å²) in [6.45, 7) is 3.42. The fourth-order valence-corrected chi connectivity index (χ4v) is 6.24. The maximum Gasteiger partial charge on any atom is 0.244 e. The minimum Gasteiger partial charge on any atom is -0.326 e. The molecule has 3 aromatic rings. The molecule has 2 aromatic carbocycles. The summed E-state index contributed by atoms with van der Waals surface area (Å²) in [6.07, 6.45) is 3.78. The number of piperidine rings is 1. The molecule has 1 aromatic heterocycles. The molecular weight excluding hydrogens is 502 g/mol. The maximum atomic E-state index is 14.0. The highest BCUT2D eigenvalue weighted by atomic mass is 19.2. The second-order valence-electron chi connectivity index (χ2n) is 11.4. The number of pyridine rings is 1. The molecule has 2 atom stereocenters. The quantitative estimate of drug-likeness (QED) is 0.513. The summed E-state index contributed by atoms with van der Waals surface area (Å²) < 4.78 is 27.6. The van der Waals surface area contributed by atoms with Crippen LogP contribution < -0.4 is 10.6 Å². The van der Waals surface area contributed by atoms with Crippen molar-refractivity contribution in [1.82, 2.24) is 9.88 Å². The first-order chi connectivity index (χ1) is 18.6. The lowest BCUT2D eigenvalue weighted by Crippen LogP contribution is -2.50. The fourth-order valence-electron chi connectivity index (χ4n) is 6.24. The van der Waals surface area contributed by atoms with Gasteiger partial charge in [-0.05, 0) is 72.7 Å². The number of aromatic nitrogens is 1. The van der Waals surface area contributed by atoms with E-state index in [1.54, 1.807) is 12.3 Å². The molecule has 0 radical (unpaired) electrons. The molecule has 2 unspecified atom stereocenters. The van der Waals surface area contributed by atoms with Crippen molar-refractivity contribution in [1.29, 1.82) is 0 Å². The van der Waals surface area contributed by atoms with Crippen LogP contribution in [0.2, 0.25) is 0 Å². The number of amides is 3. The normalized spacial score (nSPS) is 23.0. The van der Waals surface area contributed by atoms with Crippen LogP contribution in [0.1, 0.15) is 55.0 Å². The Balaban J connectivity index is 1.21. The molecule has 3 amide bonds. The van der Waals surface area contributed by atoms with E-state index in [9.17, 15) is 23.2 Å². The van der Waals surface area contributed by atoms with E-state index in [1.807, 2.05) is 38.1 Å². The highest BCUT2D eigenvalue weighted by Crippen LogP contribution is 2.47. The van der Waals surface area contributed by atoms with Crippen LogP contribution in [-0.4, -0.2) is 34.2 Å². The summed E-state index contributed by atoms with van der Waals surface area (Å²) in [6, 6.07) is 12.4. The number of halogens is 2. The third-order valence-corrected chi connectivity index (χ3v) is 8.37. The lowest BCUT2D eigenvalue weighted by Gasteiger charge is -2.43. The van der Waals surface area contributed by atoms with Gasteiger partial charge >= 0.3 is 0 Å². The number of hydrogen-bond acceptors (Lipinski definition) is 4. The second-order valence-corrected chi connectivity index (χ2v) is 11.4. The molecular formula is C30H28F2N4O3. The standard InChI is InChI=1S/C30H28F2N4O3/c1-29(2)10-9-24(17-6-8-22(31)23(32)13-17)36(28(29)39)16-25(37)34-20-7-5-18-14-30(15-19(18)12-20)21-4-3-11-33-26(21)35-27(30)38/h3-8,11-13,24H,9-10,14-16H2,1-2H3,(H,34,37)(H,33,35,38). The topological polar surface area (TPSA) is 91.4 Å². The van der Waals surface area contributed by atoms with Crippen LogP contribution in [0.3, 0.4) is 0 Å². The number of carbonyl (C=O) groups is 3. The largest absolute Gasteiger partial charge is 0.326 e. The van der Waals surface area contributed by atoms with Crippen LogP contribution in [-0.2, 0) is 32.6 Å². The summed E-state index contributed by atoms with van der Waals surface area (Å²) in [5.74, 6) is -2.04. The molecule has 3 aliphatic rings. The van der Waals surface area contributed by atoms with Crippen LogP contribution in [0.5, 0.6) is 0 Å². The number of likely N-dealkylation sites (tertiary alicyclic amines) is 1. The number of nitrogens with one attached hydrogen (secondary N) is 2. The first-order valence-electron chi connectivity index (χ1n) is 13.0. The summed E-state index contributed by atoms with van der Waals surface area (Å²) in [5, 5.41) is 5.78. The number of carbonyl (C=O) groups excluding carboxylic acids is 3. The molecule has 1 fully saturated rings. The van der Waals surface area contributed by atoms with Crippen LogP contribution in [0.25, 0.3) is 0 Å². The third kappa shape index (κ3) is 4.16. The molecule has 1 saturated heterocycles. The van der Waals surface area contributed by atoms with Crippen molar-refractivity contribution in [2.45, 2.75) is 51.0 Å².